The van der Waals surface area contributed by atoms with Crippen LogP contribution in [0.5, 0.6) is 0 Å². The number of nitrogens with zero attached hydrogens (tertiary/aromatic N) is 1. The van der Waals surface area contributed by atoms with Crippen LogP contribution in [0.4, 0.5) is 17.1 Å². The van der Waals surface area contributed by atoms with Gasteiger partial charge in [-0.25, -0.2) is 0 Å². The third-order valence-electron chi connectivity index (χ3n) is 16.9. The first kappa shape index (κ1) is 35.1. The van der Waals surface area contributed by atoms with Crippen molar-refractivity contribution in [2.75, 3.05) is 4.90 Å². The quantitative estimate of drug-likeness (QED) is 0.173. The molecule has 0 atom stereocenters. The van der Waals surface area contributed by atoms with Crippen LogP contribution in [-0.2, 0) is 21.7 Å². The minimum Gasteiger partial charge on any atom is -0.310 e. The van der Waals surface area contributed by atoms with Crippen LogP contribution in [0.25, 0.3) is 33.4 Å². The second kappa shape index (κ2) is 11.9. The highest BCUT2D eigenvalue weighted by molar-refractivity contribution is 5.96. The molecule has 1 nitrogen and oxygen atoms in total. The summed E-state index contributed by atoms with van der Waals surface area (Å²) in [6.07, 6.45) is 9.37. The highest BCUT2D eigenvalue weighted by Gasteiger charge is 2.61. The molecule has 1 heteroatoms. The van der Waals surface area contributed by atoms with E-state index in [2.05, 4.69) is 174 Å². The molecule has 0 saturated heterocycles. The van der Waals surface area contributed by atoms with E-state index in [1.807, 2.05) is 0 Å². The van der Waals surface area contributed by atoms with E-state index < -0.39 is 0 Å². The Bertz CT molecular complexity index is 2640. The molecule has 0 heterocycles. The van der Waals surface area contributed by atoms with E-state index in [1.165, 1.54) is 118 Å². The van der Waals surface area contributed by atoms with Gasteiger partial charge in [0.2, 0.25) is 0 Å². The Balaban J connectivity index is 1.18. The molecule has 7 aliphatic rings. The zero-order valence-electron chi connectivity index (χ0n) is 35.3. The van der Waals surface area contributed by atoms with Crippen LogP contribution in [-0.4, -0.2) is 0 Å². The summed E-state index contributed by atoms with van der Waals surface area (Å²) in [4.78, 5) is 2.75. The molecule has 13 rings (SSSR count). The Hall–Kier alpha value is -4.88. The van der Waals surface area contributed by atoms with E-state index in [4.69, 9.17) is 0 Å². The fourth-order valence-corrected chi connectivity index (χ4v) is 14.3. The van der Waals surface area contributed by atoms with Crippen LogP contribution < -0.4 is 4.90 Å². The molecule has 58 heavy (non-hydrogen) atoms. The Morgan fingerprint density at radius 2 is 1.03 bits per heavy atom. The van der Waals surface area contributed by atoms with Crippen molar-refractivity contribution >= 4 is 17.1 Å². The monoisotopic (exact) mass is 755 g/mol. The van der Waals surface area contributed by atoms with Crippen molar-refractivity contribution in [1.29, 1.82) is 0 Å². The molecule has 1 spiro atoms. The lowest BCUT2D eigenvalue weighted by molar-refractivity contribution is -0.0399. The highest BCUT2D eigenvalue weighted by Crippen LogP contribution is 2.70. The molecule has 0 radical (unpaired) electrons. The topological polar surface area (TPSA) is 3.24 Å². The summed E-state index contributed by atoms with van der Waals surface area (Å²) in [5.41, 5.74) is 21.5. The van der Waals surface area contributed by atoms with Crippen LogP contribution in [0.3, 0.4) is 0 Å². The van der Waals surface area contributed by atoms with Gasteiger partial charge in [-0.3, -0.25) is 0 Å². The highest BCUT2D eigenvalue weighted by atomic mass is 15.2. The van der Waals surface area contributed by atoms with Gasteiger partial charge in [0.1, 0.15) is 0 Å². The fourth-order valence-electron chi connectivity index (χ4n) is 14.3. The smallest absolute Gasteiger partial charge is 0.0543 e. The first-order valence-electron chi connectivity index (χ1n) is 22.5. The molecular weight excluding hydrogens is 699 g/mol. The maximum Gasteiger partial charge on any atom is 0.0543 e. The van der Waals surface area contributed by atoms with Crippen LogP contribution in [0, 0.1) is 23.7 Å². The van der Waals surface area contributed by atoms with Crippen molar-refractivity contribution in [3.8, 4) is 33.4 Å². The molecule has 0 aromatic heterocycles. The predicted octanol–water partition coefficient (Wildman–Crippen LogP) is 15.2. The summed E-state index contributed by atoms with van der Waals surface area (Å²) in [7, 11) is 0. The molecule has 0 amide bonds. The number of fused-ring (bicyclic) bond motifs is 7. The number of rotatable bonds is 4. The van der Waals surface area contributed by atoms with Crippen LogP contribution in [0.2, 0.25) is 0 Å². The second-order valence-electron chi connectivity index (χ2n) is 21.2. The molecular formula is C57H57N. The summed E-state index contributed by atoms with van der Waals surface area (Å²) in [5.74, 6) is 3.23. The molecule has 4 bridgehead atoms. The van der Waals surface area contributed by atoms with E-state index >= 15 is 0 Å². The van der Waals surface area contributed by atoms with E-state index in [0.29, 0.717) is 11.8 Å². The third-order valence-corrected chi connectivity index (χ3v) is 16.9. The molecule has 6 aromatic rings. The van der Waals surface area contributed by atoms with E-state index in [9.17, 15) is 0 Å². The van der Waals surface area contributed by atoms with Crippen molar-refractivity contribution in [2.24, 2.45) is 23.7 Å². The number of hydrogen-bond donors (Lipinski definition) is 0. The van der Waals surface area contributed by atoms with Gasteiger partial charge in [0.05, 0.1) is 11.4 Å². The van der Waals surface area contributed by atoms with Gasteiger partial charge in [0, 0.05) is 22.1 Å². The molecule has 0 unspecified atom stereocenters. The first-order valence-corrected chi connectivity index (χ1v) is 22.5. The second-order valence-corrected chi connectivity index (χ2v) is 21.2. The Kier molecular flexibility index (Phi) is 7.18. The van der Waals surface area contributed by atoms with E-state index in [1.54, 1.807) is 11.1 Å². The van der Waals surface area contributed by atoms with Gasteiger partial charge in [-0.2, -0.15) is 0 Å². The fraction of sp³-hybridized carbons (Fsp3) is 0.368. The Morgan fingerprint density at radius 3 is 1.76 bits per heavy atom. The molecule has 7 aliphatic carbocycles. The Morgan fingerprint density at radius 1 is 0.431 bits per heavy atom. The number of anilines is 3. The lowest BCUT2D eigenvalue weighted by Crippen LogP contribution is -2.55. The first-order chi connectivity index (χ1) is 28.0. The summed E-state index contributed by atoms with van der Waals surface area (Å²) >= 11 is 0. The lowest BCUT2D eigenvalue weighted by atomic mass is 9.43. The van der Waals surface area contributed by atoms with Gasteiger partial charge in [-0.05, 0) is 171 Å². The zero-order chi connectivity index (χ0) is 39.3. The summed E-state index contributed by atoms with van der Waals surface area (Å²) in [6.45, 7) is 14.8. The SMILES string of the molecule is CC1(C)CCC(C)(C)c2c(N(c3ccc4c(c3)C(C)(C)c3ccccc3-4)c3cc4c(cc3-c3ccccc3)-c3ccccc3C43C4CC5CC(C4)CC3C5)cccc21. The molecule has 0 aliphatic heterocycles. The van der Waals surface area contributed by atoms with Gasteiger partial charge in [0.25, 0.3) is 0 Å². The van der Waals surface area contributed by atoms with Gasteiger partial charge in [0.15, 0.2) is 0 Å². The Labute approximate surface area is 346 Å². The maximum absolute atomic E-state index is 2.76. The number of benzene rings is 6. The standard InChI is InChI=1S/C57H57N/c1-54(2)25-26-55(3,4)53-48(54)21-14-22-51(53)58(40-23-24-43-41-17-10-12-19-46(41)56(5,6)49(43)32-40)52-34-50-45(33-44(52)37-15-8-7-9-16-37)42-18-11-13-20-47(42)57(50)38-28-35-27-36(30-38)31-39(57)29-35/h7-24,32-36,38-39H,25-31H2,1-6H3. The van der Waals surface area contributed by atoms with Gasteiger partial charge in [-0.1, -0.05) is 139 Å². The van der Waals surface area contributed by atoms with E-state index in [-0.39, 0.29) is 21.7 Å². The lowest BCUT2D eigenvalue weighted by Gasteiger charge is -2.61. The minimum absolute atomic E-state index is 0.0223. The summed E-state index contributed by atoms with van der Waals surface area (Å²) in [5, 5.41) is 0. The molecule has 290 valence electrons. The average molecular weight is 756 g/mol. The largest absolute Gasteiger partial charge is 0.310 e. The molecule has 4 fully saturated rings. The zero-order valence-corrected chi connectivity index (χ0v) is 35.3. The van der Waals surface area contributed by atoms with Gasteiger partial charge < -0.3 is 4.90 Å². The third kappa shape index (κ3) is 4.60. The van der Waals surface area contributed by atoms with Gasteiger partial charge >= 0.3 is 0 Å². The minimum atomic E-state index is -0.0999. The molecule has 6 aromatic carbocycles. The van der Waals surface area contributed by atoms with Crippen LogP contribution in [0.1, 0.15) is 120 Å². The van der Waals surface area contributed by atoms with Crippen molar-refractivity contribution in [3.05, 3.63) is 161 Å². The van der Waals surface area contributed by atoms with Gasteiger partial charge in [-0.15, -0.1) is 0 Å². The summed E-state index contributed by atoms with van der Waals surface area (Å²) < 4.78 is 0. The summed E-state index contributed by atoms with van der Waals surface area (Å²) in [6, 6.07) is 50.2. The van der Waals surface area contributed by atoms with Crippen LogP contribution in [0.15, 0.2) is 127 Å². The number of hydrogen-bond acceptors (Lipinski definition) is 1. The predicted molar refractivity (Wildman–Crippen MR) is 243 cm³/mol. The van der Waals surface area contributed by atoms with E-state index in [0.717, 1.165) is 11.8 Å². The normalized spacial score (nSPS) is 26.8. The molecule has 0 N–H and O–H groups in total. The van der Waals surface area contributed by atoms with Crippen molar-refractivity contribution in [2.45, 2.75) is 108 Å². The molecule has 4 saturated carbocycles. The average Bonchev–Trinajstić information content (AvgIpc) is 3.63. The van der Waals surface area contributed by atoms with Crippen molar-refractivity contribution in [1.82, 2.24) is 0 Å². The van der Waals surface area contributed by atoms with Crippen LogP contribution >= 0.6 is 0 Å². The van der Waals surface area contributed by atoms with Crippen molar-refractivity contribution in [3.63, 3.8) is 0 Å². The van der Waals surface area contributed by atoms with Crippen molar-refractivity contribution < 1.29 is 0 Å². The maximum atomic E-state index is 2.76.